The topological polar surface area (TPSA) is 79.8 Å². The molecular formula is C24H22ClN3O3. The minimum Gasteiger partial charge on any atom is -0.489 e. The van der Waals surface area contributed by atoms with Crippen LogP contribution in [0, 0.1) is 13.8 Å². The zero-order valence-electron chi connectivity index (χ0n) is 17.2. The predicted molar refractivity (Wildman–Crippen MR) is 123 cm³/mol. The fourth-order valence-corrected chi connectivity index (χ4v) is 2.84. The van der Waals surface area contributed by atoms with Gasteiger partial charge in [0.25, 0.3) is 0 Å². The van der Waals surface area contributed by atoms with E-state index >= 15 is 0 Å². The van der Waals surface area contributed by atoms with Crippen LogP contribution in [0.4, 0.5) is 5.69 Å². The molecule has 0 heterocycles. The van der Waals surface area contributed by atoms with Crippen molar-refractivity contribution in [3.8, 4) is 5.75 Å². The van der Waals surface area contributed by atoms with Gasteiger partial charge in [-0.1, -0.05) is 35.9 Å². The van der Waals surface area contributed by atoms with Gasteiger partial charge in [-0.2, -0.15) is 5.10 Å². The van der Waals surface area contributed by atoms with Gasteiger partial charge in [0.2, 0.25) is 0 Å². The average Bonchev–Trinajstić information content (AvgIpc) is 2.76. The van der Waals surface area contributed by atoms with E-state index in [1.807, 2.05) is 44.2 Å². The van der Waals surface area contributed by atoms with E-state index in [-0.39, 0.29) is 0 Å². The van der Waals surface area contributed by atoms with Crippen LogP contribution < -0.4 is 15.5 Å². The van der Waals surface area contributed by atoms with Gasteiger partial charge in [-0.15, -0.1) is 0 Å². The number of carbonyl (C=O) groups is 2. The van der Waals surface area contributed by atoms with Gasteiger partial charge in [-0.3, -0.25) is 9.59 Å². The monoisotopic (exact) mass is 435 g/mol. The molecule has 0 aliphatic rings. The number of anilines is 1. The maximum atomic E-state index is 12.0. The van der Waals surface area contributed by atoms with Gasteiger partial charge >= 0.3 is 11.8 Å². The summed E-state index contributed by atoms with van der Waals surface area (Å²) in [6.45, 7) is 4.27. The number of benzene rings is 3. The van der Waals surface area contributed by atoms with Crippen molar-refractivity contribution in [3.63, 3.8) is 0 Å². The highest BCUT2D eigenvalue weighted by atomic mass is 35.5. The molecule has 3 aromatic carbocycles. The minimum atomic E-state index is -0.853. The number of carbonyl (C=O) groups excluding carboxylic acids is 2. The van der Waals surface area contributed by atoms with Gasteiger partial charge in [0, 0.05) is 16.3 Å². The van der Waals surface area contributed by atoms with E-state index in [1.165, 1.54) is 6.21 Å². The quantitative estimate of drug-likeness (QED) is 0.336. The number of amides is 2. The summed E-state index contributed by atoms with van der Waals surface area (Å²) in [6, 6.07) is 20.1. The van der Waals surface area contributed by atoms with Crippen molar-refractivity contribution in [2.24, 2.45) is 5.10 Å². The smallest absolute Gasteiger partial charge is 0.329 e. The summed E-state index contributed by atoms with van der Waals surface area (Å²) >= 11 is 6.12. The second-order valence-electron chi connectivity index (χ2n) is 6.90. The van der Waals surface area contributed by atoms with Crippen LogP contribution in [0.3, 0.4) is 0 Å². The van der Waals surface area contributed by atoms with Crippen LogP contribution >= 0.6 is 11.6 Å². The fraction of sp³-hybridized carbons (Fsp3) is 0.125. The number of hydrogen-bond acceptors (Lipinski definition) is 4. The molecule has 2 N–H and O–H groups in total. The second kappa shape index (κ2) is 10.4. The SMILES string of the molecule is Cc1ccc(NC(=O)C(=O)NN=Cc2ccc(OCc3ccccc3Cl)cc2)cc1C. The Kier molecular flexibility index (Phi) is 7.40. The normalized spacial score (nSPS) is 10.7. The molecule has 6 nitrogen and oxygen atoms in total. The first-order chi connectivity index (χ1) is 14.9. The molecule has 0 spiro atoms. The van der Waals surface area contributed by atoms with E-state index in [9.17, 15) is 9.59 Å². The largest absolute Gasteiger partial charge is 0.489 e. The van der Waals surface area contributed by atoms with Crippen molar-refractivity contribution in [2.75, 3.05) is 5.32 Å². The Labute approximate surface area is 185 Å². The third-order valence-corrected chi connectivity index (χ3v) is 4.95. The number of hydrogen-bond donors (Lipinski definition) is 2. The first-order valence-electron chi connectivity index (χ1n) is 9.60. The average molecular weight is 436 g/mol. The molecule has 2 amide bonds. The van der Waals surface area contributed by atoms with Crippen LogP contribution in [0.15, 0.2) is 71.8 Å². The lowest BCUT2D eigenvalue weighted by molar-refractivity contribution is -0.136. The van der Waals surface area contributed by atoms with Crippen molar-refractivity contribution in [1.82, 2.24) is 5.43 Å². The van der Waals surface area contributed by atoms with Crippen LogP contribution in [0.2, 0.25) is 5.02 Å². The van der Waals surface area contributed by atoms with Crippen LogP contribution in [0.25, 0.3) is 0 Å². The Hall–Kier alpha value is -3.64. The number of hydrazone groups is 1. The Bertz CT molecular complexity index is 1110. The molecule has 3 aromatic rings. The van der Waals surface area contributed by atoms with Crippen molar-refractivity contribution in [2.45, 2.75) is 20.5 Å². The second-order valence-corrected chi connectivity index (χ2v) is 7.31. The van der Waals surface area contributed by atoms with Crippen LogP contribution in [-0.2, 0) is 16.2 Å². The van der Waals surface area contributed by atoms with Gasteiger partial charge in [0.05, 0.1) is 6.21 Å². The van der Waals surface area contributed by atoms with Crippen molar-refractivity contribution < 1.29 is 14.3 Å². The highest BCUT2D eigenvalue weighted by Crippen LogP contribution is 2.18. The maximum absolute atomic E-state index is 12.0. The Morgan fingerprint density at radius 1 is 0.968 bits per heavy atom. The van der Waals surface area contributed by atoms with E-state index < -0.39 is 11.8 Å². The van der Waals surface area contributed by atoms with Crippen LogP contribution in [0.1, 0.15) is 22.3 Å². The number of rotatable bonds is 6. The first kappa shape index (κ1) is 22.1. The van der Waals surface area contributed by atoms with Crippen LogP contribution in [0.5, 0.6) is 5.75 Å². The Balaban J connectivity index is 1.48. The summed E-state index contributed by atoms with van der Waals surface area (Å²) in [6.07, 6.45) is 1.44. The summed E-state index contributed by atoms with van der Waals surface area (Å²) in [4.78, 5) is 23.9. The summed E-state index contributed by atoms with van der Waals surface area (Å²) in [5.41, 5.74) is 6.54. The molecule has 0 aromatic heterocycles. The molecule has 31 heavy (non-hydrogen) atoms. The van der Waals surface area contributed by atoms with Gasteiger partial charge in [-0.05, 0) is 73.0 Å². The van der Waals surface area contributed by atoms with E-state index in [0.29, 0.717) is 23.1 Å². The molecule has 0 aliphatic heterocycles. The minimum absolute atomic E-state index is 0.360. The molecule has 0 fully saturated rings. The van der Waals surface area contributed by atoms with Crippen molar-refractivity contribution in [1.29, 1.82) is 0 Å². The Morgan fingerprint density at radius 2 is 1.71 bits per heavy atom. The number of ether oxygens (including phenoxy) is 1. The summed E-state index contributed by atoms with van der Waals surface area (Å²) in [7, 11) is 0. The zero-order chi connectivity index (χ0) is 22.2. The number of aryl methyl sites for hydroxylation is 2. The molecule has 0 saturated carbocycles. The van der Waals surface area contributed by atoms with Gasteiger partial charge < -0.3 is 10.1 Å². The summed E-state index contributed by atoms with van der Waals surface area (Å²) in [5.74, 6) is -0.966. The molecule has 0 aliphatic carbocycles. The number of nitrogens with zero attached hydrogens (tertiary/aromatic N) is 1. The van der Waals surface area contributed by atoms with E-state index in [2.05, 4.69) is 15.8 Å². The van der Waals surface area contributed by atoms with E-state index in [1.54, 1.807) is 36.4 Å². The molecule has 0 unspecified atom stereocenters. The lowest BCUT2D eigenvalue weighted by atomic mass is 10.1. The third kappa shape index (κ3) is 6.42. The van der Waals surface area contributed by atoms with Gasteiger partial charge in [-0.25, -0.2) is 5.43 Å². The van der Waals surface area contributed by atoms with Crippen LogP contribution in [-0.4, -0.2) is 18.0 Å². The highest BCUT2D eigenvalue weighted by molar-refractivity contribution is 6.39. The first-order valence-corrected chi connectivity index (χ1v) is 9.98. The lowest BCUT2D eigenvalue weighted by Gasteiger charge is -2.08. The standard InChI is InChI=1S/C24H22ClN3O3/c1-16-7-10-20(13-17(16)2)27-23(29)24(30)28-26-14-18-8-11-21(12-9-18)31-15-19-5-3-4-6-22(19)25/h3-14H,15H2,1-2H3,(H,27,29)(H,28,30). The van der Waals surface area contributed by atoms with Crippen molar-refractivity contribution in [3.05, 3.63) is 94.0 Å². The highest BCUT2D eigenvalue weighted by Gasteiger charge is 2.13. The number of nitrogens with one attached hydrogen (secondary N) is 2. The summed E-state index contributed by atoms with van der Waals surface area (Å²) in [5, 5.41) is 7.03. The lowest BCUT2D eigenvalue weighted by Crippen LogP contribution is -2.32. The predicted octanol–water partition coefficient (Wildman–Crippen LogP) is 4.62. The molecule has 0 bridgehead atoms. The molecule has 0 radical (unpaired) electrons. The van der Waals surface area contributed by atoms with E-state index in [0.717, 1.165) is 22.3 Å². The summed E-state index contributed by atoms with van der Waals surface area (Å²) < 4.78 is 5.72. The Morgan fingerprint density at radius 3 is 2.42 bits per heavy atom. The molecule has 7 heteroatoms. The number of halogens is 1. The van der Waals surface area contributed by atoms with Gasteiger partial charge in [0.1, 0.15) is 12.4 Å². The third-order valence-electron chi connectivity index (χ3n) is 4.58. The molecule has 158 valence electrons. The zero-order valence-corrected chi connectivity index (χ0v) is 17.9. The van der Waals surface area contributed by atoms with E-state index in [4.69, 9.17) is 16.3 Å². The molecule has 0 atom stereocenters. The van der Waals surface area contributed by atoms with Crippen molar-refractivity contribution >= 4 is 35.3 Å². The molecular weight excluding hydrogens is 414 g/mol. The van der Waals surface area contributed by atoms with Gasteiger partial charge in [0.15, 0.2) is 0 Å². The maximum Gasteiger partial charge on any atom is 0.329 e. The molecule has 0 saturated heterocycles. The molecule has 3 rings (SSSR count). The fourth-order valence-electron chi connectivity index (χ4n) is 2.65.